The number of rotatable bonds is 2. The van der Waals surface area contributed by atoms with Crippen molar-refractivity contribution in [2.45, 2.75) is 6.92 Å². The molecule has 2 heterocycles. The number of nitrogens with one attached hydrogen (secondary N) is 1. The van der Waals surface area contributed by atoms with Crippen LogP contribution in [0.2, 0.25) is 0 Å². The van der Waals surface area contributed by atoms with E-state index in [-0.39, 0.29) is 0 Å². The van der Waals surface area contributed by atoms with E-state index in [1.54, 1.807) is 11.3 Å². The number of hydrogen-bond acceptors (Lipinski definition) is 3. The molecule has 3 nitrogen and oxygen atoms in total. The van der Waals surface area contributed by atoms with Crippen molar-refractivity contribution in [1.82, 2.24) is 15.4 Å². The van der Waals surface area contributed by atoms with Gasteiger partial charge in [-0.3, -0.25) is 5.10 Å². The van der Waals surface area contributed by atoms with Crippen molar-refractivity contribution in [1.29, 1.82) is 0 Å². The van der Waals surface area contributed by atoms with Gasteiger partial charge in [-0.2, -0.15) is 0 Å². The smallest absolute Gasteiger partial charge is 0.0882 e. The molecule has 84 valence electrons. The van der Waals surface area contributed by atoms with Crippen LogP contribution < -0.4 is 0 Å². The maximum Gasteiger partial charge on any atom is 0.0882 e. The lowest BCUT2D eigenvalue weighted by Gasteiger charge is -2.01. The Morgan fingerprint density at radius 3 is 2.41 bits per heavy atom. The number of aromatic nitrogens is 3. The summed E-state index contributed by atoms with van der Waals surface area (Å²) in [5, 5.41) is 12.8. The summed E-state index contributed by atoms with van der Waals surface area (Å²) >= 11 is 1.75. The van der Waals surface area contributed by atoms with Crippen LogP contribution in [-0.2, 0) is 0 Å². The summed E-state index contributed by atoms with van der Waals surface area (Å²) in [6, 6.07) is 12.6. The average Bonchev–Trinajstić information content (AvgIpc) is 3.00. The molecule has 3 rings (SSSR count). The summed E-state index contributed by atoms with van der Waals surface area (Å²) in [7, 11) is 0. The van der Waals surface area contributed by atoms with Crippen molar-refractivity contribution < 1.29 is 0 Å². The number of thiophene rings is 1. The lowest BCUT2D eigenvalue weighted by atomic mass is 10.1. The molecule has 0 fully saturated rings. The molecule has 0 aliphatic heterocycles. The van der Waals surface area contributed by atoms with Crippen LogP contribution in [0.5, 0.6) is 0 Å². The van der Waals surface area contributed by atoms with Gasteiger partial charge in [-0.15, -0.1) is 16.4 Å². The zero-order valence-electron chi connectivity index (χ0n) is 9.34. The molecule has 1 N–H and O–H groups in total. The van der Waals surface area contributed by atoms with Crippen LogP contribution in [0, 0.1) is 6.92 Å². The Morgan fingerprint density at radius 1 is 1.06 bits per heavy atom. The maximum atomic E-state index is 3.96. The van der Waals surface area contributed by atoms with Gasteiger partial charge < -0.3 is 0 Å². The van der Waals surface area contributed by atoms with E-state index in [1.807, 2.05) is 6.92 Å². The number of benzene rings is 1. The molecule has 0 aliphatic rings. The molecule has 17 heavy (non-hydrogen) atoms. The van der Waals surface area contributed by atoms with Crippen molar-refractivity contribution in [3.63, 3.8) is 0 Å². The van der Waals surface area contributed by atoms with E-state index in [0.717, 1.165) is 17.0 Å². The summed E-state index contributed by atoms with van der Waals surface area (Å²) < 4.78 is 0. The highest BCUT2D eigenvalue weighted by molar-refractivity contribution is 7.13. The van der Waals surface area contributed by atoms with Crippen LogP contribution >= 0.6 is 11.3 Å². The number of aromatic amines is 1. The molecule has 2 aromatic heterocycles. The Morgan fingerprint density at radius 2 is 1.82 bits per heavy atom. The predicted octanol–water partition coefficient (Wildman–Crippen LogP) is 3.51. The second-order valence-electron chi connectivity index (χ2n) is 3.83. The first-order chi connectivity index (χ1) is 8.34. The zero-order valence-corrected chi connectivity index (χ0v) is 10.2. The van der Waals surface area contributed by atoms with Crippen LogP contribution in [0.4, 0.5) is 0 Å². The van der Waals surface area contributed by atoms with Gasteiger partial charge in [0.25, 0.3) is 0 Å². The minimum atomic E-state index is 0.925. The summed E-state index contributed by atoms with van der Waals surface area (Å²) in [4.78, 5) is 1.29. The fraction of sp³-hybridized carbons (Fsp3) is 0.0769. The molecule has 0 radical (unpaired) electrons. The second kappa shape index (κ2) is 4.14. The topological polar surface area (TPSA) is 41.6 Å². The molecular weight excluding hydrogens is 230 g/mol. The van der Waals surface area contributed by atoms with Gasteiger partial charge in [-0.1, -0.05) is 35.5 Å². The van der Waals surface area contributed by atoms with Gasteiger partial charge in [0.15, 0.2) is 0 Å². The summed E-state index contributed by atoms with van der Waals surface area (Å²) in [5.41, 5.74) is 4.28. The lowest BCUT2D eigenvalue weighted by Crippen LogP contribution is -1.81. The van der Waals surface area contributed by atoms with Gasteiger partial charge in [0, 0.05) is 10.4 Å². The molecule has 4 heteroatoms. The minimum absolute atomic E-state index is 0.925. The Bertz CT molecular complexity index is 608. The first-order valence-corrected chi connectivity index (χ1v) is 6.24. The summed E-state index contributed by atoms with van der Waals surface area (Å²) in [5.74, 6) is 0. The summed E-state index contributed by atoms with van der Waals surface area (Å²) in [6.07, 6.45) is 0. The van der Waals surface area contributed by atoms with Gasteiger partial charge in [0.05, 0.1) is 11.4 Å². The quantitative estimate of drug-likeness (QED) is 0.746. The van der Waals surface area contributed by atoms with E-state index >= 15 is 0 Å². The molecule has 0 unspecified atom stereocenters. The molecular formula is C13H11N3S. The SMILES string of the molecule is Cc1nn[nH]c1-c1ccc(-c2cccs2)cc1. The second-order valence-corrected chi connectivity index (χ2v) is 4.77. The van der Waals surface area contributed by atoms with E-state index in [0.29, 0.717) is 0 Å². The van der Waals surface area contributed by atoms with Crippen LogP contribution in [0.15, 0.2) is 41.8 Å². The largest absolute Gasteiger partial charge is 0.257 e. The first kappa shape index (κ1) is 10.2. The van der Waals surface area contributed by atoms with E-state index in [2.05, 4.69) is 57.2 Å². The summed E-state index contributed by atoms with van der Waals surface area (Å²) in [6.45, 7) is 1.95. The highest BCUT2D eigenvalue weighted by atomic mass is 32.1. The van der Waals surface area contributed by atoms with Crippen LogP contribution in [0.25, 0.3) is 21.7 Å². The van der Waals surface area contributed by atoms with Gasteiger partial charge in [-0.05, 0) is 23.9 Å². The fourth-order valence-electron chi connectivity index (χ4n) is 1.80. The maximum absolute atomic E-state index is 3.96. The standard InChI is InChI=1S/C13H11N3S/c1-9-13(15-16-14-9)11-6-4-10(5-7-11)12-3-2-8-17-12/h2-8H,1H3,(H,14,15,16). The average molecular weight is 241 g/mol. The third-order valence-corrected chi connectivity index (χ3v) is 3.62. The molecule has 0 amide bonds. The normalized spacial score (nSPS) is 10.6. The van der Waals surface area contributed by atoms with Crippen molar-refractivity contribution in [3.05, 3.63) is 47.5 Å². The van der Waals surface area contributed by atoms with Crippen molar-refractivity contribution in [3.8, 4) is 21.7 Å². The third-order valence-electron chi connectivity index (χ3n) is 2.70. The molecule has 0 saturated carbocycles. The molecule has 3 aromatic rings. The minimum Gasteiger partial charge on any atom is -0.257 e. The number of hydrogen-bond donors (Lipinski definition) is 1. The van der Waals surface area contributed by atoms with E-state index in [4.69, 9.17) is 0 Å². The Kier molecular flexibility index (Phi) is 2.49. The Balaban J connectivity index is 1.99. The Labute approximate surface area is 103 Å². The number of aryl methyl sites for hydroxylation is 1. The molecule has 0 aliphatic carbocycles. The van der Waals surface area contributed by atoms with Crippen LogP contribution in [-0.4, -0.2) is 15.4 Å². The molecule has 0 bridgehead atoms. The van der Waals surface area contributed by atoms with Gasteiger partial charge in [0.2, 0.25) is 0 Å². The van der Waals surface area contributed by atoms with E-state index < -0.39 is 0 Å². The number of H-pyrrole nitrogens is 1. The van der Waals surface area contributed by atoms with Gasteiger partial charge >= 0.3 is 0 Å². The predicted molar refractivity (Wildman–Crippen MR) is 69.9 cm³/mol. The Hall–Kier alpha value is -1.94. The first-order valence-electron chi connectivity index (χ1n) is 5.36. The zero-order chi connectivity index (χ0) is 11.7. The number of nitrogens with zero attached hydrogens (tertiary/aromatic N) is 2. The monoisotopic (exact) mass is 241 g/mol. The van der Waals surface area contributed by atoms with E-state index in [9.17, 15) is 0 Å². The van der Waals surface area contributed by atoms with Crippen molar-refractivity contribution >= 4 is 11.3 Å². The highest BCUT2D eigenvalue weighted by Gasteiger charge is 2.05. The molecule has 0 saturated heterocycles. The van der Waals surface area contributed by atoms with E-state index in [1.165, 1.54) is 10.4 Å². The van der Waals surface area contributed by atoms with Crippen LogP contribution in [0.3, 0.4) is 0 Å². The van der Waals surface area contributed by atoms with Crippen molar-refractivity contribution in [2.24, 2.45) is 0 Å². The van der Waals surface area contributed by atoms with Gasteiger partial charge in [-0.25, -0.2) is 0 Å². The van der Waals surface area contributed by atoms with Crippen LogP contribution in [0.1, 0.15) is 5.69 Å². The van der Waals surface area contributed by atoms with Gasteiger partial charge in [0.1, 0.15) is 0 Å². The lowest BCUT2D eigenvalue weighted by molar-refractivity contribution is 0.929. The van der Waals surface area contributed by atoms with Crippen molar-refractivity contribution in [2.75, 3.05) is 0 Å². The third kappa shape index (κ3) is 1.87. The fourth-order valence-corrected chi connectivity index (χ4v) is 2.53. The molecule has 0 spiro atoms. The highest BCUT2D eigenvalue weighted by Crippen LogP contribution is 2.27. The molecule has 1 aromatic carbocycles. The molecule has 0 atom stereocenters.